The smallest absolute Gasteiger partial charge is 0.123 e. The molecule has 2 nitrogen and oxygen atoms in total. The lowest BCUT2D eigenvalue weighted by atomic mass is 9.85. The second kappa shape index (κ2) is 4.93. The highest BCUT2D eigenvalue weighted by Gasteiger charge is 2.26. The molecule has 0 aliphatic carbocycles. The minimum atomic E-state index is 0.186. The van der Waals surface area contributed by atoms with E-state index in [0.717, 1.165) is 18.2 Å². The predicted molar refractivity (Wildman–Crippen MR) is 76.2 cm³/mol. The van der Waals surface area contributed by atoms with Crippen molar-refractivity contribution in [1.82, 2.24) is 5.32 Å². The molecule has 2 rings (SSSR count). The number of benzene rings is 1. The molecule has 1 aliphatic rings. The topological polar surface area (TPSA) is 21.3 Å². The zero-order valence-corrected chi connectivity index (χ0v) is 12.2. The van der Waals surface area contributed by atoms with Crippen LogP contribution in [0.3, 0.4) is 0 Å². The quantitative estimate of drug-likeness (QED) is 0.861. The van der Waals surface area contributed by atoms with Crippen LogP contribution in [0.2, 0.25) is 0 Å². The largest absolute Gasteiger partial charge is 0.496 e. The van der Waals surface area contributed by atoms with E-state index in [4.69, 9.17) is 4.74 Å². The van der Waals surface area contributed by atoms with Crippen LogP contribution >= 0.6 is 0 Å². The van der Waals surface area contributed by atoms with Crippen LogP contribution in [0.25, 0.3) is 0 Å². The van der Waals surface area contributed by atoms with Gasteiger partial charge < -0.3 is 10.1 Å². The fraction of sp³-hybridized carbons (Fsp3) is 0.625. The molecule has 1 aromatic rings. The summed E-state index contributed by atoms with van der Waals surface area (Å²) in [7, 11) is 1.76. The molecule has 1 saturated heterocycles. The van der Waals surface area contributed by atoms with Gasteiger partial charge in [0.05, 0.1) is 7.11 Å². The highest BCUT2D eigenvalue weighted by molar-refractivity contribution is 5.42. The summed E-state index contributed by atoms with van der Waals surface area (Å²) in [6, 6.07) is 7.05. The van der Waals surface area contributed by atoms with Crippen LogP contribution in [0.1, 0.15) is 51.3 Å². The Balaban J connectivity index is 2.37. The standard InChI is InChI=1S/C16H25NO/c1-11-8-14(17-10-11)13-9-12(16(2,3)4)6-7-15(13)18-5/h6-7,9,11,14,17H,8,10H2,1-5H3. The Morgan fingerprint density at radius 3 is 2.50 bits per heavy atom. The van der Waals surface area contributed by atoms with Crippen LogP contribution in [0.15, 0.2) is 18.2 Å². The van der Waals surface area contributed by atoms with E-state index in [2.05, 4.69) is 51.2 Å². The maximum atomic E-state index is 5.52. The Morgan fingerprint density at radius 1 is 1.28 bits per heavy atom. The molecule has 1 N–H and O–H groups in total. The molecule has 0 radical (unpaired) electrons. The monoisotopic (exact) mass is 247 g/mol. The van der Waals surface area contributed by atoms with Gasteiger partial charge in [-0.1, -0.05) is 33.8 Å². The third-order valence-corrected chi connectivity index (χ3v) is 3.82. The van der Waals surface area contributed by atoms with Gasteiger partial charge >= 0.3 is 0 Å². The molecule has 1 aromatic carbocycles. The summed E-state index contributed by atoms with van der Waals surface area (Å²) >= 11 is 0. The van der Waals surface area contributed by atoms with Crippen LogP contribution in [-0.2, 0) is 5.41 Å². The molecular weight excluding hydrogens is 222 g/mol. The van der Waals surface area contributed by atoms with Gasteiger partial charge in [0.15, 0.2) is 0 Å². The first-order valence-electron chi connectivity index (χ1n) is 6.83. The van der Waals surface area contributed by atoms with Crippen molar-refractivity contribution < 1.29 is 4.74 Å². The molecule has 2 heteroatoms. The van der Waals surface area contributed by atoms with Crippen LogP contribution in [0.5, 0.6) is 5.75 Å². The molecular formula is C16H25NO. The number of hydrogen-bond acceptors (Lipinski definition) is 2. The minimum Gasteiger partial charge on any atom is -0.496 e. The Morgan fingerprint density at radius 2 is 2.00 bits per heavy atom. The van der Waals surface area contributed by atoms with Crippen LogP contribution in [0, 0.1) is 5.92 Å². The van der Waals surface area contributed by atoms with Gasteiger partial charge in [0.2, 0.25) is 0 Å². The van der Waals surface area contributed by atoms with Crippen molar-refractivity contribution in [1.29, 1.82) is 0 Å². The summed E-state index contributed by atoms with van der Waals surface area (Å²) in [6.07, 6.45) is 1.20. The molecule has 0 saturated carbocycles. The Hall–Kier alpha value is -1.02. The van der Waals surface area contributed by atoms with E-state index in [-0.39, 0.29) is 5.41 Å². The van der Waals surface area contributed by atoms with Crippen LogP contribution < -0.4 is 10.1 Å². The molecule has 0 amide bonds. The van der Waals surface area contributed by atoms with Gasteiger partial charge in [0, 0.05) is 11.6 Å². The van der Waals surface area contributed by atoms with Gasteiger partial charge in [-0.2, -0.15) is 0 Å². The maximum Gasteiger partial charge on any atom is 0.123 e. The second-order valence-electron chi connectivity index (χ2n) is 6.51. The van der Waals surface area contributed by atoms with Crippen molar-refractivity contribution in [3.8, 4) is 5.75 Å². The molecule has 1 fully saturated rings. The van der Waals surface area contributed by atoms with Gasteiger partial charge in [0.1, 0.15) is 5.75 Å². The molecule has 18 heavy (non-hydrogen) atoms. The minimum absolute atomic E-state index is 0.186. The van der Waals surface area contributed by atoms with E-state index >= 15 is 0 Å². The lowest BCUT2D eigenvalue weighted by Crippen LogP contribution is -2.17. The van der Waals surface area contributed by atoms with E-state index in [0.29, 0.717) is 6.04 Å². The van der Waals surface area contributed by atoms with Crippen molar-refractivity contribution in [3.63, 3.8) is 0 Å². The molecule has 1 aliphatic heterocycles. The summed E-state index contributed by atoms with van der Waals surface area (Å²) in [4.78, 5) is 0. The number of hydrogen-bond donors (Lipinski definition) is 1. The van der Waals surface area contributed by atoms with Gasteiger partial charge in [0.25, 0.3) is 0 Å². The van der Waals surface area contributed by atoms with Crippen molar-refractivity contribution in [2.75, 3.05) is 13.7 Å². The molecule has 0 aromatic heterocycles. The first-order chi connectivity index (χ1) is 8.41. The lowest BCUT2D eigenvalue weighted by molar-refractivity contribution is 0.402. The average Bonchev–Trinajstić information content (AvgIpc) is 2.73. The molecule has 0 spiro atoms. The Bertz CT molecular complexity index is 420. The molecule has 100 valence electrons. The normalized spacial score (nSPS) is 24.3. The van der Waals surface area contributed by atoms with Crippen molar-refractivity contribution in [2.24, 2.45) is 5.92 Å². The number of methoxy groups -OCH3 is 1. The summed E-state index contributed by atoms with van der Waals surface area (Å²) in [5.74, 6) is 1.76. The molecule has 1 heterocycles. The van der Waals surface area contributed by atoms with Crippen molar-refractivity contribution >= 4 is 0 Å². The first kappa shape index (κ1) is 13.4. The average molecular weight is 247 g/mol. The summed E-state index contributed by atoms with van der Waals surface area (Å²) in [5, 5.41) is 3.60. The zero-order chi connectivity index (χ0) is 13.3. The van der Waals surface area contributed by atoms with E-state index in [1.165, 1.54) is 17.5 Å². The predicted octanol–water partition coefficient (Wildman–Crippen LogP) is 3.66. The molecule has 2 atom stereocenters. The zero-order valence-electron chi connectivity index (χ0n) is 12.2. The van der Waals surface area contributed by atoms with Crippen LogP contribution in [0.4, 0.5) is 0 Å². The summed E-state index contributed by atoms with van der Waals surface area (Å²) < 4.78 is 5.52. The SMILES string of the molecule is COc1ccc(C(C)(C)C)cc1C1CC(C)CN1. The van der Waals surface area contributed by atoms with Crippen LogP contribution in [-0.4, -0.2) is 13.7 Å². The Kier molecular flexibility index (Phi) is 3.67. The number of ether oxygens (including phenoxy) is 1. The third-order valence-electron chi connectivity index (χ3n) is 3.82. The molecule has 0 bridgehead atoms. The first-order valence-corrected chi connectivity index (χ1v) is 6.83. The fourth-order valence-corrected chi connectivity index (χ4v) is 2.62. The van der Waals surface area contributed by atoms with Gasteiger partial charge in [-0.15, -0.1) is 0 Å². The van der Waals surface area contributed by atoms with Gasteiger partial charge in [-0.3, -0.25) is 0 Å². The van der Waals surface area contributed by atoms with Crippen molar-refractivity contribution in [3.05, 3.63) is 29.3 Å². The maximum absolute atomic E-state index is 5.52. The van der Waals surface area contributed by atoms with Gasteiger partial charge in [-0.25, -0.2) is 0 Å². The Labute approximate surface area is 111 Å². The molecule has 2 unspecified atom stereocenters. The van der Waals surface area contributed by atoms with Crippen molar-refractivity contribution in [2.45, 2.75) is 45.6 Å². The number of nitrogens with one attached hydrogen (secondary N) is 1. The second-order valence-corrected chi connectivity index (χ2v) is 6.51. The van der Waals surface area contributed by atoms with E-state index in [9.17, 15) is 0 Å². The lowest BCUT2D eigenvalue weighted by Gasteiger charge is -2.23. The van der Waals surface area contributed by atoms with Gasteiger partial charge in [-0.05, 0) is 42.0 Å². The van der Waals surface area contributed by atoms with E-state index < -0.39 is 0 Å². The van der Waals surface area contributed by atoms with E-state index in [1.807, 2.05) is 0 Å². The fourth-order valence-electron chi connectivity index (χ4n) is 2.62. The highest BCUT2D eigenvalue weighted by atomic mass is 16.5. The number of rotatable bonds is 2. The highest BCUT2D eigenvalue weighted by Crippen LogP contribution is 2.36. The third kappa shape index (κ3) is 2.69. The summed E-state index contributed by atoms with van der Waals surface area (Å²) in [5.41, 5.74) is 2.87. The summed E-state index contributed by atoms with van der Waals surface area (Å²) in [6.45, 7) is 10.2. The van der Waals surface area contributed by atoms with E-state index in [1.54, 1.807) is 7.11 Å².